The highest BCUT2D eigenvalue weighted by atomic mass is 16.6. The second-order valence-electron chi connectivity index (χ2n) is 11.3. The number of benzene rings is 2. The highest BCUT2D eigenvalue weighted by molar-refractivity contribution is 5.93. The summed E-state index contributed by atoms with van der Waals surface area (Å²) in [6, 6.07) is 18.9. The summed E-state index contributed by atoms with van der Waals surface area (Å²) in [5.41, 5.74) is 2.17. The first kappa shape index (κ1) is 30.1. The van der Waals surface area contributed by atoms with Gasteiger partial charge in [-0.25, -0.2) is 9.59 Å². The van der Waals surface area contributed by atoms with E-state index < -0.39 is 23.8 Å². The third-order valence-electron chi connectivity index (χ3n) is 6.86. The topological polar surface area (TPSA) is 98.2 Å². The lowest BCUT2D eigenvalue weighted by atomic mass is 9.97. The maximum atomic E-state index is 13.3. The van der Waals surface area contributed by atoms with Gasteiger partial charge >= 0.3 is 12.1 Å². The molecule has 1 aromatic heterocycles. The Morgan fingerprint density at radius 3 is 2.44 bits per heavy atom. The summed E-state index contributed by atoms with van der Waals surface area (Å²) in [4.78, 5) is 31.6. The largest absolute Gasteiger partial charge is 0.490 e. The third-order valence-corrected chi connectivity index (χ3v) is 6.86. The lowest BCUT2D eigenvalue weighted by molar-refractivity contribution is 0.00653. The van der Waals surface area contributed by atoms with Gasteiger partial charge in [-0.1, -0.05) is 48.9 Å². The molecule has 2 aromatic carbocycles. The number of rotatable bonds is 10. The second kappa shape index (κ2) is 14.1. The van der Waals surface area contributed by atoms with E-state index in [1.807, 2.05) is 42.5 Å². The minimum Gasteiger partial charge on any atom is -0.490 e. The van der Waals surface area contributed by atoms with Crippen molar-refractivity contribution in [3.05, 3.63) is 84.2 Å². The molecule has 0 spiro atoms. The molecule has 0 radical (unpaired) electrons. The normalized spacial score (nSPS) is 14.6. The summed E-state index contributed by atoms with van der Waals surface area (Å²) < 4.78 is 17.5. The number of hydrogen-bond donors (Lipinski definition) is 1. The number of aliphatic hydroxyl groups is 1. The van der Waals surface area contributed by atoms with Crippen LogP contribution in [0.15, 0.2) is 73.1 Å². The molecule has 0 aliphatic heterocycles. The average Bonchev–Trinajstić information content (AvgIpc) is 2.97. The maximum Gasteiger partial charge on any atom is 0.410 e. The first-order valence-corrected chi connectivity index (χ1v) is 14.3. The zero-order valence-electron chi connectivity index (χ0n) is 24.1. The number of carbonyl (C=O) groups excluding carboxylic acids is 2. The summed E-state index contributed by atoms with van der Waals surface area (Å²) in [5, 5.41) is 10.7. The summed E-state index contributed by atoms with van der Waals surface area (Å²) >= 11 is 0. The van der Waals surface area contributed by atoms with Gasteiger partial charge in [0.25, 0.3) is 0 Å². The number of pyridine rings is 1. The predicted molar refractivity (Wildman–Crippen MR) is 157 cm³/mol. The van der Waals surface area contributed by atoms with Crippen LogP contribution in [-0.4, -0.2) is 58.5 Å². The zero-order chi connectivity index (χ0) is 29.2. The number of aromatic nitrogens is 1. The van der Waals surface area contributed by atoms with Crippen LogP contribution in [0.3, 0.4) is 0 Å². The standard InChI is InChI=1S/C33H40N2O6/c1-33(2,3)41-32(38)35(23-29(36)26-13-10-18-34-22-26)19-20-39-31(37)28-17-16-25(24-11-6-4-7-12-24)21-30(28)40-27-14-8-5-9-15-27/h4,6-7,10-13,16-18,21-22,27,29,36H,5,8-9,14-15,19-20,23H2,1-3H3/t29-/m0/s1. The molecule has 4 rings (SSSR count). The second-order valence-corrected chi connectivity index (χ2v) is 11.3. The Morgan fingerprint density at radius 2 is 1.76 bits per heavy atom. The van der Waals surface area contributed by atoms with E-state index in [2.05, 4.69) is 4.98 Å². The van der Waals surface area contributed by atoms with Crippen LogP contribution in [0.25, 0.3) is 11.1 Å². The van der Waals surface area contributed by atoms with Crippen molar-refractivity contribution in [2.24, 2.45) is 0 Å². The number of amides is 1. The molecule has 1 amide bonds. The van der Waals surface area contributed by atoms with E-state index in [1.165, 1.54) is 11.3 Å². The Hall–Kier alpha value is -3.91. The van der Waals surface area contributed by atoms with Crippen LogP contribution in [-0.2, 0) is 9.47 Å². The Kier molecular flexibility index (Phi) is 10.4. The number of hydrogen-bond acceptors (Lipinski definition) is 7. The molecule has 0 bridgehead atoms. The van der Waals surface area contributed by atoms with E-state index in [4.69, 9.17) is 14.2 Å². The Balaban J connectivity index is 1.47. The van der Waals surface area contributed by atoms with E-state index in [9.17, 15) is 14.7 Å². The van der Waals surface area contributed by atoms with Gasteiger partial charge in [-0.05, 0) is 75.8 Å². The summed E-state index contributed by atoms with van der Waals surface area (Å²) in [7, 11) is 0. The van der Waals surface area contributed by atoms with Gasteiger partial charge in [0.2, 0.25) is 0 Å². The number of aliphatic hydroxyl groups excluding tert-OH is 1. The van der Waals surface area contributed by atoms with Crippen molar-refractivity contribution in [2.45, 2.75) is 70.7 Å². The van der Waals surface area contributed by atoms with Gasteiger partial charge in [0.15, 0.2) is 0 Å². The number of carbonyl (C=O) groups is 2. The fourth-order valence-corrected chi connectivity index (χ4v) is 4.76. The fraction of sp³-hybridized carbons (Fsp3) is 0.424. The summed E-state index contributed by atoms with van der Waals surface area (Å²) in [6.45, 7) is 5.23. The van der Waals surface area contributed by atoms with Crippen molar-refractivity contribution in [2.75, 3.05) is 19.7 Å². The molecule has 8 heteroatoms. The van der Waals surface area contributed by atoms with Crippen molar-refractivity contribution in [3.63, 3.8) is 0 Å². The average molecular weight is 561 g/mol. The monoisotopic (exact) mass is 560 g/mol. The van der Waals surface area contributed by atoms with E-state index in [-0.39, 0.29) is 25.8 Å². The molecule has 1 aliphatic rings. The smallest absolute Gasteiger partial charge is 0.410 e. The van der Waals surface area contributed by atoms with E-state index in [0.717, 1.165) is 36.8 Å². The van der Waals surface area contributed by atoms with Gasteiger partial charge in [-0.3, -0.25) is 4.98 Å². The summed E-state index contributed by atoms with van der Waals surface area (Å²) in [5.74, 6) is -0.0355. The lowest BCUT2D eigenvalue weighted by Gasteiger charge is -2.29. The van der Waals surface area contributed by atoms with Crippen LogP contribution in [0.5, 0.6) is 5.75 Å². The van der Waals surface area contributed by atoms with Crippen molar-refractivity contribution in [1.82, 2.24) is 9.88 Å². The van der Waals surface area contributed by atoms with Crippen LogP contribution in [0.1, 0.15) is 74.9 Å². The predicted octanol–water partition coefficient (Wildman–Crippen LogP) is 6.59. The minimum absolute atomic E-state index is 0.0406. The molecule has 8 nitrogen and oxygen atoms in total. The third kappa shape index (κ3) is 9.05. The zero-order valence-corrected chi connectivity index (χ0v) is 24.1. The van der Waals surface area contributed by atoms with Crippen LogP contribution < -0.4 is 4.74 Å². The van der Waals surface area contributed by atoms with Gasteiger partial charge in [0, 0.05) is 18.0 Å². The van der Waals surface area contributed by atoms with Gasteiger partial charge in [0.1, 0.15) is 23.5 Å². The molecule has 0 unspecified atom stereocenters. The Labute approximate surface area is 242 Å². The molecule has 1 aliphatic carbocycles. The molecule has 3 aromatic rings. The molecule has 218 valence electrons. The van der Waals surface area contributed by atoms with Crippen molar-refractivity contribution in [1.29, 1.82) is 0 Å². The lowest BCUT2D eigenvalue weighted by Crippen LogP contribution is -2.41. The molecule has 1 atom stereocenters. The molecule has 1 saturated carbocycles. The van der Waals surface area contributed by atoms with Crippen LogP contribution in [0.4, 0.5) is 4.79 Å². The fourth-order valence-electron chi connectivity index (χ4n) is 4.76. The number of ether oxygens (including phenoxy) is 3. The quantitative estimate of drug-likeness (QED) is 0.279. The van der Waals surface area contributed by atoms with E-state index in [1.54, 1.807) is 51.4 Å². The van der Waals surface area contributed by atoms with Crippen molar-refractivity contribution in [3.8, 4) is 16.9 Å². The van der Waals surface area contributed by atoms with Gasteiger partial charge < -0.3 is 24.2 Å². The van der Waals surface area contributed by atoms with Gasteiger partial charge in [0.05, 0.1) is 25.3 Å². The molecule has 41 heavy (non-hydrogen) atoms. The van der Waals surface area contributed by atoms with Gasteiger partial charge in [-0.15, -0.1) is 0 Å². The first-order chi connectivity index (χ1) is 19.7. The SMILES string of the molecule is CC(C)(C)OC(=O)N(CCOC(=O)c1ccc(-c2ccccc2)cc1OC1CCCCC1)C[C@H](O)c1cccnc1. The number of nitrogens with zero attached hydrogens (tertiary/aromatic N) is 2. The van der Waals surface area contributed by atoms with Crippen molar-refractivity contribution < 1.29 is 28.9 Å². The van der Waals surface area contributed by atoms with Crippen molar-refractivity contribution >= 4 is 12.1 Å². The van der Waals surface area contributed by atoms with Crippen LogP contribution in [0, 0.1) is 0 Å². The number of esters is 1. The highest BCUT2D eigenvalue weighted by Gasteiger charge is 2.26. The molecular weight excluding hydrogens is 520 g/mol. The van der Waals surface area contributed by atoms with E-state index >= 15 is 0 Å². The molecule has 1 heterocycles. The Morgan fingerprint density at radius 1 is 1.00 bits per heavy atom. The maximum absolute atomic E-state index is 13.3. The van der Waals surface area contributed by atoms with E-state index in [0.29, 0.717) is 16.9 Å². The summed E-state index contributed by atoms with van der Waals surface area (Å²) in [6.07, 6.45) is 6.94. The first-order valence-electron chi connectivity index (χ1n) is 14.3. The Bertz CT molecular complexity index is 1270. The highest BCUT2D eigenvalue weighted by Crippen LogP contribution is 2.31. The molecular formula is C33H40N2O6. The molecule has 1 N–H and O–H groups in total. The van der Waals surface area contributed by atoms with Crippen LogP contribution in [0.2, 0.25) is 0 Å². The molecule has 0 saturated heterocycles. The van der Waals surface area contributed by atoms with Gasteiger partial charge in [-0.2, -0.15) is 0 Å². The minimum atomic E-state index is -0.979. The molecule has 1 fully saturated rings. The van der Waals surface area contributed by atoms with Crippen LogP contribution >= 0.6 is 0 Å².